The monoisotopic (exact) mass is 370 g/mol. The second-order valence-electron chi connectivity index (χ2n) is 7.14. The van der Waals surface area contributed by atoms with Gasteiger partial charge in [0.05, 0.1) is 0 Å². The highest BCUT2D eigenvalue weighted by Crippen LogP contribution is 2.16. The third kappa shape index (κ3) is 5.79. The van der Waals surface area contributed by atoms with Crippen LogP contribution in [0.4, 0.5) is 4.39 Å². The zero-order chi connectivity index (χ0) is 19.1. The number of rotatable bonds is 7. The summed E-state index contributed by atoms with van der Waals surface area (Å²) >= 11 is 0. The number of phenols is 1. The topological polar surface area (TPSA) is 52.6 Å². The summed E-state index contributed by atoms with van der Waals surface area (Å²) in [4.78, 5) is 14.6. The first-order valence-corrected chi connectivity index (χ1v) is 9.69. The van der Waals surface area contributed by atoms with Gasteiger partial charge in [-0.3, -0.25) is 4.79 Å². The van der Waals surface area contributed by atoms with Crippen LogP contribution < -0.4 is 5.32 Å². The lowest BCUT2D eigenvalue weighted by atomic mass is 10.1. The van der Waals surface area contributed by atoms with Gasteiger partial charge < -0.3 is 15.3 Å². The summed E-state index contributed by atoms with van der Waals surface area (Å²) in [6.07, 6.45) is 5.80. The molecule has 0 atom stereocenters. The normalized spacial score (nSPS) is 14.9. The number of carbonyl (C=O) groups excluding carboxylic acids is 1. The van der Waals surface area contributed by atoms with Gasteiger partial charge in [0, 0.05) is 18.7 Å². The van der Waals surface area contributed by atoms with Gasteiger partial charge in [0.2, 0.25) is 0 Å². The molecule has 1 aliphatic rings. The van der Waals surface area contributed by atoms with Crippen LogP contribution >= 0.6 is 0 Å². The zero-order valence-electron chi connectivity index (χ0n) is 15.6. The number of aromatic hydroxyl groups is 1. The molecule has 2 N–H and O–H groups in total. The second kappa shape index (κ2) is 9.51. The van der Waals surface area contributed by atoms with Crippen LogP contribution in [-0.2, 0) is 12.8 Å². The number of amides is 1. The van der Waals surface area contributed by atoms with E-state index in [0.29, 0.717) is 6.54 Å². The van der Waals surface area contributed by atoms with Crippen LogP contribution in [0.3, 0.4) is 0 Å². The highest BCUT2D eigenvalue weighted by atomic mass is 19.1. The first-order chi connectivity index (χ1) is 13.1. The predicted molar refractivity (Wildman–Crippen MR) is 105 cm³/mol. The largest absolute Gasteiger partial charge is 0.505 e. The maximum absolute atomic E-state index is 13.3. The Bertz CT molecular complexity index is 755. The van der Waals surface area contributed by atoms with Crippen molar-refractivity contribution in [3.05, 3.63) is 65.0 Å². The Hall–Kier alpha value is -2.40. The average Bonchev–Trinajstić information content (AvgIpc) is 2.70. The van der Waals surface area contributed by atoms with Crippen molar-refractivity contribution >= 4 is 5.91 Å². The molecular formula is C22H27FN2O2. The highest BCUT2D eigenvalue weighted by Gasteiger charge is 2.10. The Morgan fingerprint density at radius 3 is 2.33 bits per heavy atom. The number of carbonyl (C=O) groups is 1. The fraction of sp³-hybridized carbons (Fsp3) is 0.409. The molecule has 1 fully saturated rings. The van der Waals surface area contributed by atoms with E-state index >= 15 is 0 Å². The van der Waals surface area contributed by atoms with Crippen molar-refractivity contribution in [3.63, 3.8) is 0 Å². The van der Waals surface area contributed by atoms with E-state index in [1.807, 2.05) is 0 Å². The van der Waals surface area contributed by atoms with Gasteiger partial charge >= 0.3 is 0 Å². The number of hydrogen-bond acceptors (Lipinski definition) is 3. The Balaban J connectivity index is 1.41. The summed E-state index contributed by atoms with van der Waals surface area (Å²) in [6.45, 7) is 4.05. The van der Waals surface area contributed by atoms with Gasteiger partial charge in [-0.05, 0) is 68.1 Å². The van der Waals surface area contributed by atoms with Gasteiger partial charge in [-0.25, -0.2) is 4.39 Å². The molecule has 5 heteroatoms. The lowest BCUT2D eigenvalue weighted by Crippen LogP contribution is -2.31. The van der Waals surface area contributed by atoms with E-state index in [2.05, 4.69) is 34.5 Å². The number of hydrogen-bond donors (Lipinski definition) is 2. The van der Waals surface area contributed by atoms with Crippen LogP contribution in [0.1, 0.15) is 40.7 Å². The van der Waals surface area contributed by atoms with Crippen molar-refractivity contribution in [1.29, 1.82) is 0 Å². The van der Waals surface area contributed by atoms with Crippen LogP contribution in [0.25, 0.3) is 0 Å². The van der Waals surface area contributed by atoms with Crippen molar-refractivity contribution in [2.75, 3.05) is 26.2 Å². The van der Waals surface area contributed by atoms with Gasteiger partial charge in [0.1, 0.15) is 0 Å². The minimum atomic E-state index is -0.789. The Morgan fingerprint density at radius 1 is 1.00 bits per heavy atom. The maximum atomic E-state index is 13.3. The fourth-order valence-corrected chi connectivity index (χ4v) is 3.41. The molecule has 0 unspecified atom stereocenters. The van der Waals surface area contributed by atoms with Gasteiger partial charge in [0.25, 0.3) is 5.91 Å². The molecule has 0 spiro atoms. The standard InChI is InChI=1S/C22H27FN2O2/c23-20-16-19(8-9-21(20)26)22(27)24-12-10-17-4-6-18(7-5-17)11-15-25-13-2-1-3-14-25/h4-9,16,26H,1-3,10-15H2,(H,24,27). The van der Waals surface area contributed by atoms with Crippen LogP contribution in [0, 0.1) is 5.82 Å². The van der Waals surface area contributed by atoms with Crippen LogP contribution in [0.2, 0.25) is 0 Å². The summed E-state index contributed by atoms with van der Waals surface area (Å²) in [5.41, 5.74) is 2.71. The first kappa shape index (κ1) is 19.4. The molecule has 3 rings (SSSR count). The number of nitrogens with zero attached hydrogens (tertiary/aromatic N) is 1. The number of benzene rings is 2. The van der Waals surface area contributed by atoms with Gasteiger partial charge in [-0.2, -0.15) is 0 Å². The SMILES string of the molecule is O=C(NCCc1ccc(CCN2CCCCC2)cc1)c1ccc(O)c(F)c1. The molecule has 1 saturated heterocycles. The van der Waals surface area contributed by atoms with E-state index < -0.39 is 11.6 Å². The lowest BCUT2D eigenvalue weighted by molar-refractivity contribution is 0.0953. The smallest absolute Gasteiger partial charge is 0.251 e. The van der Waals surface area contributed by atoms with E-state index in [1.54, 1.807) is 0 Å². The number of piperidine rings is 1. The molecule has 0 saturated carbocycles. The van der Waals surface area contributed by atoms with Crippen molar-refractivity contribution in [1.82, 2.24) is 10.2 Å². The quantitative estimate of drug-likeness (QED) is 0.784. The summed E-state index contributed by atoms with van der Waals surface area (Å²) in [5.74, 6) is -1.58. The molecule has 0 radical (unpaired) electrons. The molecule has 1 aliphatic heterocycles. The minimum absolute atomic E-state index is 0.207. The summed E-state index contributed by atoms with van der Waals surface area (Å²) < 4.78 is 13.3. The van der Waals surface area contributed by atoms with E-state index in [0.717, 1.165) is 31.0 Å². The van der Waals surface area contributed by atoms with Crippen LogP contribution in [-0.4, -0.2) is 42.1 Å². The zero-order valence-corrected chi connectivity index (χ0v) is 15.6. The summed E-state index contributed by atoms with van der Waals surface area (Å²) in [6, 6.07) is 12.2. The van der Waals surface area contributed by atoms with Gasteiger partial charge in [0.15, 0.2) is 11.6 Å². The van der Waals surface area contributed by atoms with E-state index in [1.165, 1.54) is 50.0 Å². The second-order valence-corrected chi connectivity index (χ2v) is 7.14. The molecule has 2 aromatic carbocycles. The number of halogens is 1. The first-order valence-electron chi connectivity index (χ1n) is 9.69. The summed E-state index contributed by atoms with van der Waals surface area (Å²) in [7, 11) is 0. The number of phenolic OH excluding ortho intramolecular Hbond substituents is 1. The Labute approximate surface area is 160 Å². The van der Waals surface area contributed by atoms with Gasteiger partial charge in [-0.1, -0.05) is 30.7 Å². The molecule has 0 aromatic heterocycles. The molecule has 0 bridgehead atoms. The van der Waals surface area contributed by atoms with Crippen molar-refractivity contribution in [3.8, 4) is 5.75 Å². The molecule has 1 heterocycles. The van der Waals surface area contributed by atoms with E-state index in [4.69, 9.17) is 0 Å². The molecule has 27 heavy (non-hydrogen) atoms. The maximum Gasteiger partial charge on any atom is 0.251 e. The lowest BCUT2D eigenvalue weighted by Gasteiger charge is -2.26. The van der Waals surface area contributed by atoms with Crippen molar-refractivity contribution in [2.45, 2.75) is 32.1 Å². The molecule has 0 aliphatic carbocycles. The van der Waals surface area contributed by atoms with Crippen LogP contribution in [0.15, 0.2) is 42.5 Å². The van der Waals surface area contributed by atoms with E-state index in [9.17, 15) is 14.3 Å². The van der Waals surface area contributed by atoms with E-state index in [-0.39, 0.29) is 11.5 Å². The minimum Gasteiger partial charge on any atom is -0.505 e. The molecular weight excluding hydrogens is 343 g/mol. The van der Waals surface area contributed by atoms with Crippen molar-refractivity contribution < 1.29 is 14.3 Å². The summed E-state index contributed by atoms with van der Waals surface area (Å²) in [5, 5.41) is 12.0. The Morgan fingerprint density at radius 2 is 1.67 bits per heavy atom. The third-order valence-electron chi connectivity index (χ3n) is 5.10. The van der Waals surface area contributed by atoms with Crippen molar-refractivity contribution in [2.24, 2.45) is 0 Å². The molecule has 1 amide bonds. The third-order valence-corrected chi connectivity index (χ3v) is 5.10. The number of nitrogens with one attached hydrogen (secondary N) is 1. The molecule has 144 valence electrons. The van der Waals surface area contributed by atoms with Gasteiger partial charge in [-0.15, -0.1) is 0 Å². The fourth-order valence-electron chi connectivity index (χ4n) is 3.41. The predicted octanol–water partition coefficient (Wildman–Crippen LogP) is 3.53. The van der Waals surface area contributed by atoms with Crippen LogP contribution in [0.5, 0.6) is 5.75 Å². The number of likely N-dealkylation sites (tertiary alicyclic amines) is 1. The molecule has 2 aromatic rings. The Kier molecular flexibility index (Phi) is 6.82. The molecule has 4 nitrogen and oxygen atoms in total. The highest BCUT2D eigenvalue weighted by molar-refractivity contribution is 5.94. The average molecular weight is 370 g/mol.